The van der Waals surface area contributed by atoms with Gasteiger partial charge >= 0.3 is 0 Å². The molecule has 2 aromatic heterocycles. The molecule has 0 saturated heterocycles. The Morgan fingerprint density at radius 3 is 1.59 bits per heavy atom. The largest absolute Gasteiger partial charge is 0.335 e. The van der Waals surface area contributed by atoms with Crippen LogP contribution in [0.4, 0.5) is 17.1 Å². The molecule has 0 atom stereocenters. The summed E-state index contributed by atoms with van der Waals surface area (Å²) >= 11 is 0. The van der Waals surface area contributed by atoms with E-state index in [1.165, 1.54) is 54.7 Å². The van der Waals surface area contributed by atoms with Crippen LogP contribution in [-0.2, 0) is 5.54 Å². The first-order valence-corrected chi connectivity index (χ1v) is 17.0. The first-order valence-electron chi connectivity index (χ1n) is 17.0. The quantitative estimate of drug-likeness (QED) is 0.184. The summed E-state index contributed by atoms with van der Waals surface area (Å²) in [5.41, 5.74) is 11.9. The van der Waals surface area contributed by atoms with Crippen molar-refractivity contribution in [3.63, 3.8) is 0 Å². The third kappa shape index (κ3) is 4.81. The number of nitrogens with zero attached hydrogens (tertiary/aromatic N) is 3. The minimum atomic E-state index is -0.0229. The summed E-state index contributed by atoms with van der Waals surface area (Å²) in [6.07, 6.45) is 0. The van der Waals surface area contributed by atoms with E-state index in [1.807, 2.05) is 0 Å². The molecule has 0 N–H and O–H groups in total. The van der Waals surface area contributed by atoms with Crippen LogP contribution in [0.15, 0.2) is 170 Å². The Bertz CT molecular complexity index is 2620. The molecule has 9 aromatic rings. The number of anilines is 3. The van der Waals surface area contributed by atoms with Gasteiger partial charge < -0.3 is 14.0 Å². The molecule has 2 heterocycles. The van der Waals surface area contributed by atoms with E-state index in [9.17, 15) is 0 Å². The van der Waals surface area contributed by atoms with Gasteiger partial charge in [0.2, 0.25) is 0 Å². The van der Waals surface area contributed by atoms with E-state index >= 15 is 0 Å². The molecule has 0 spiro atoms. The van der Waals surface area contributed by atoms with Gasteiger partial charge in [-0.15, -0.1) is 0 Å². The minimum absolute atomic E-state index is 0.0229. The van der Waals surface area contributed by atoms with Crippen LogP contribution in [0.1, 0.15) is 20.8 Å². The highest BCUT2D eigenvalue weighted by atomic mass is 15.1. The van der Waals surface area contributed by atoms with E-state index in [0.29, 0.717) is 0 Å². The van der Waals surface area contributed by atoms with Gasteiger partial charge in [-0.2, -0.15) is 0 Å². The zero-order chi connectivity index (χ0) is 33.1. The standard InChI is InChI=1S/C46H37N3/c1-46(2,3)49-44-21-13-11-19-39(44)40-30-33(24-28-45(40)49)32-22-25-36(26-23-32)47(34-14-6-4-7-15-34)37-27-29-43-41(31-37)38-18-10-12-20-42(38)48(43)35-16-8-5-9-17-35/h4-31H,1-3H3. The molecule has 0 aliphatic heterocycles. The van der Waals surface area contributed by atoms with E-state index in [1.54, 1.807) is 0 Å². The Kier molecular flexibility index (Phi) is 6.70. The molecular weight excluding hydrogens is 595 g/mol. The van der Waals surface area contributed by atoms with E-state index in [-0.39, 0.29) is 5.54 Å². The van der Waals surface area contributed by atoms with E-state index in [4.69, 9.17) is 0 Å². The highest BCUT2D eigenvalue weighted by molar-refractivity contribution is 6.11. The lowest BCUT2D eigenvalue weighted by Gasteiger charge is -2.26. The number of fused-ring (bicyclic) bond motifs is 6. The summed E-state index contributed by atoms with van der Waals surface area (Å²) in [7, 11) is 0. The SMILES string of the molecule is CC(C)(C)n1c2ccccc2c2cc(-c3ccc(N(c4ccccc4)c4ccc5c(c4)c4ccccc4n5-c4ccccc4)cc3)ccc21. The summed E-state index contributed by atoms with van der Waals surface area (Å²) in [5.74, 6) is 0. The van der Waals surface area contributed by atoms with Gasteiger partial charge in [-0.05, 0) is 111 Å². The molecule has 49 heavy (non-hydrogen) atoms. The Morgan fingerprint density at radius 1 is 0.388 bits per heavy atom. The molecule has 3 heteroatoms. The normalized spacial score (nSPS) is 12.0. The lowest BCUT2D eigenvalue weighted by Crippen LogP contribution is -2.21. The van der Waals surface area contributed by atoms with Crippen molar-refractivity contribution in [2.45, 2.75) is 26.3 Å². The molecule has 0 bridgehead atoms. The smallest absolute Gasteiger partial charge is 0.0542 e. The van der Waals surface area contributed by atoms with Gasteiger partial charge in [0.25, 0.3) is 0 Å². The third-order valence-corrected chi connectivity index (χ3v) is 9.75. The molecule has 0 aliphatic rings. The average Bonchev–Trinajstić information content (AvgIpc) is 3.65. The summed E-state index contributed by atoms with van der Waals surface area (Å²) < 4.78 is 4.84. The van der Waals surface area contributed by atoms with Gasteiger partial charge in [-0.3, -0.25) is 0 Å². The summed E-state index contributed by atoms with van der Waals surface area (Å²) in [6.45, 7) is 6.84. The van der Waals surface area contributed by atoms with Crippen LogP contribution < -0.4 is 4.90 Å². The molecule has 0 fully saturated rings. The van der Waals surface area contributed by atoms with Crippen molar-refractivity contribution in [2.75, 3.05) is 4.90 Å². The molecule has 0 radical (unpaired) electrons. The fourth-order valence-electron chi connectivity index (χ4n) is 7.66. The molecule has 0 saturated carbocycles. The summed E-state index contributed by atoms with van der Waals surface area (Å²) in [6, 6.07) is 61.6. The van der Waals surface area contributed by atoms with Crippen molar-refractivity contribution in [1.29, 1.82) is 0 Å². The highest BCUT2D eigenvalue weighted by Gasteiger charge is 2.21. The molecule has 0 unspecified atom stereocenters. The Hall–Kier alpha value is -6.06. The Balaban J connectivity index is 1.16. The van der Waals surface area contributed by atoms with Crippen LogP contribution >= 0.6 is 0 Å². The fraction of sp³-hybridized carbons (Fsp3) is 0.0870. The summed E-state index contributed by atoms with van der Waals surface area (Å²) in [5, 5.41) is 5.07. The Morgan fingerprint density at radius 2 is 0.878 bits per heavy atom. The maximum Gasteiger partial charge on any atom is 0.0542 e. The van der Waals surface area contributed by atoms with Gasteiger partial charge in [0, 0.05) is 60.9 Å². The van der Waals surface area contributed by atoms with Crippen LogP contribution in [0.3, 0.4) is 0 Å². The van der Waals surface area contributed by atoms with Crippen LogP contribution in [0, 0.1) is 0 Å². The topological polar surface area (TPSA) is 13.1 Å². The molecular formula is C46H37N3. The maximum absolute atomic E-state index is 2.47. The predicted molar refractivity (Wildman–Crippen MR) is 209 cm³/mol. The first-order chi connectivity index (χ1) is 24.0. The predicted octanol–water partition coefficient (Wildman–Crippen LogP) is 12.8. The van der Waals surface area contributed by atoms with Crippen molar-refractivity contribution in [3.8, 4) is 16.8 Å². The number of hydrogen-bond acceptors (Lipinski definition) is 1. The first kappa shape index (κ1) is 29.1. The molecule has 7 aromatic carbocycles. The van der Waals surface area contributed by atoms with Crippen LogP contribution in [-0.4, -0.2) is 9.13 Å². The average molecular weight is 632 g/mol. The maximum atomic E-state index is 2.47. The third-order valence-electron chi connectivity index (χ3n) is 9.75. The Labute approximate surface area is 286 Å². The summed E-state index contributed by atoms with van der Waals surface area (Å²) in [4.78, 5) is 2.36. The lowest BCUT2D eigenvalue weighted by molar-refractivity contribution is 0.423. The molecule has 0 aliphatic carbocycles. The lowest BCUT2D eigenvalue weighted by atomic mass is 10.0. The van der Waals surface area contributed by atoms with Crippen molar-refractivity contribution in [3.05, 3.63) is 170 Å². The highest BCUT2D eigenvalue weighted by Crippen LogP contribution is 2.41. The second-order valence-electron chi connectivity index (χ2n) is 13.9. The van der Waals surface area contributed by atoms with E-state index in [2.05, 4.69) is 205 Å². The minimum Gasteiger partial charge on any atom is -0.335 e. The van der Waals surface area contributed by atoms with Crippen molar-refractivity contribution >= 4 is 60.7 Å². The van der Waals surface area contributed by atoms with Gasteiger partial charge in [-0.1, -0.05) is 91.0 Å². The number of benzene rings is 7. The second-order valence-corrected chi connectivity index (χ2v) is 13.9. The van der Waals surface area contributed by atoms with E-state index < -0.39 is 0 Å². The van der Waals surface area contributed by atoms with Crippen molar-refractivity contribution in [1.82, 2.24) is 9.13 Å². The van der Waals surface area contributed by atoms with Crippen LogP contribution in [0.5, 0.6) is 0 Å². The monoisotopic (exact) mass is 631 g/mol. The van der Waals surface area contributed by atoms with Gasteiger partial charge in [0.15, 0.2) is 0 Å². The second kappa shape index (κ2) is 11.3. The fourth-order valence-corrected chi connectivity index (χ4v) is 7.66. The molecule has 9 rings (SSSR count). The number of para-hydroxylation sites is 4. The number of aromatic nitrogens is 2. The molecule has 0 amide bonds. The van der Waals surface area contributed by atoms with Gasteiger partial charge in [0.1, 0.15) is 0 Å². The van der Waals surface area contributed by atoms with Crippen LogP contribution in [0.25, 0.3) is 60.4 Å². The van der Waals surface area contributed by atoms with Crippen molar-refractivity contribution in [2.24, 2.45) is 0 Å². The van der Waals surface area contributed by atoms with E-state index in [0.717, 1.165) is 22.7 Å². The zero-order valence-electron chi connectivity index (χ0n) is 28.0. The number of rotatable bonds is 5. The van der Waals surface area contributed by atoms with Crippen molar-refractivity contribution < 1.29 is 0 Å². The zero-order valence-corrected chi connectivity index (χ0v) is 28.0. The van der Waals surface area contributed by atoms with Gasteiger partial charge in [-0.25, -0.2) is 0 Å². The molecule has 236 valence electrons. The van der Waals surface area contributed by atoms with Crippen LogP contribution in [0.2, 0.25) is 0 Å². The van der Waals surface area contributed by atoms with Gasteiger partial charge in [0.05, 0.1) is 11.0 Å². The molecule has 3 nitrogen and oxygen atoms in total. The number of hydrogen-bond donors (Lipinski definition) is 0.